The Morgan fingerprint density at radius 1 is 1.11 bits per heavy atom. The van der Waals surface area contributed by atoms with Gasteiger partial charge < -0.3 is 4.52 Å². The third-order valence-electron chi connectivity index (χ3n) is 2.19. The Morgan fingerprint density at radius 3 is 2.00 bits per heavy atom. The second-order valence-electron chi connectivity index (χ2n) is 3.36. The number of hydrogen-bond donors (Lipinski definition) is 0. The van der Waals surface area contributed by atoms with Gasteiger partial charge in [-0.2, -0.15) is 0 Å². The number of alkyl halides is 1. The predicted molar refractivity (Wildman–Crippen MR) is 82.2 cm³/mol. The average Bonchev–Trinajstić information content (AvgIpc) is 2.75. The van der Waals surface area contributed by atoms with Gasteiger partial charge in [-0.05, 0) is 13.8 Å². The van der Waals surface area contributed by atoms with Crippen molar-refractivity contribution in [2.24, 2.45) is 0 Å². The van der Waals surface area contributed by atoms with Crippen LogP contribution in [0.5, 0.6) is 0 Å². The summed E-state index contributed by atoms with van der Waals surface area (Å²) in [5, 5.41) is 4.98. The number of rotatable bonds is 1. The second-order valence-corrected chi connectivity index (χ2v) is 4.48. The first-order valence-corrected chi connectivity index (χ1v) is 7.37. The minimum Gasteiger partial charge on any atom is -0.356 e. The molecule has 3 heteroatoms. The number of nitrogens with zero attached hydrogens (tertiary/aromatic N) is 1. The first-order chi connectivity index (χ1) is 8.70. The van der Waals surface area contributed by atoms with Gasteiger partial charge in [0, 0.05) is 16.5 Å². The summed E-state index contributed by atoms with van der Waals surface area (Å²) in [6.45, 7) is 10.0. The summed E-state index contributed by atoms with van der Waals surface area (Å²) in [5.41, 5.74) is 3.16. The Bertz CT molecular complexity index is 423. The Balaban J connectivity index is 0.000000509. The van der Waals surface area contributed by atoms with E-state index in [1.807, 2.05) is 65.0 Å². The fourth-order valence-electron chi connectivity index (χ4n) is 1.27. The molecule has 0 radical (unpaired) electrons. The maximum absolute atomic E-state index is 5.23. The molecule has 0 amide bonds. The van der Waals surface area contributed by atoms with E-state index < -0.39 is 0 Å². The van der Waals surface area contributed by atoms with Crippen LogP contribution in [0.15, 0.2) is 34.9 Å². The standard InChI is InChI=1S/C11H11NO.C2H5Br.C2H6/c1-8-9(2)12-13-11(8)10-6-4-3-5-7-10;1-2-3;1-2/h3-7H,1-2H3;2H2,1H3;1-2H3. The largest absolute Gasteiger partial charge is 0.356 e. The molecule has 0 spiro atoms. The number of halogens is 1. The molecule has 2 aromatic rings. The molecule has 0 saturated heterocycles. The molecule has 2 nitrogen and oxygen atoms in total. The highest BCUT2D eigenvalue weighted by atomic mass is 79.9. The van der Waals surface area contributed by atoms with E-state index >= 15 is 0 Å². The van der Waals surface area contributed by atoms with Crippen LogP contribution < -0.4 is 0 Å². The van der Waals surface area contributed by atoms with Crippen molar-refractivity contribution in [3.63, 3.8) is 0 Å². The average molecular weight is 312 g/mol. The second kappa shape index (κ2) is 9.89. The zero-order valence-corrected chi connectivity index (χ0v) is 13.4. The van der Waals surface area contributed by atoms with Crippen molar-refractivity contribution in [1.82, 2.24) is 5.16 Å². The predicted octanol–water partition coefficient (Wildman–Crippen LogP) is 5.39. The van der Waals surface area contributed by atoms with Crippen LogP contribution in [0.2, 0.25) is 0 Å². The lowest BCUT2D eigenvalue weighted by atomic mass is 10.1. The van der Waals surface area contributed by atoms with Crippen molar-refractivity contribution in [3.8, 4) is 11.3 Å². The van der Waals surface area contributed by atoms with Gasteiger partial charge in [-0.15, -0.1) is 0 Å². The summed E-state index contributed by atoms with van der Waals surface area (Å²) in [4.78, 5) is 0. The van der Waals surface area contributed by atoms with Gasteiger partial charge in [0.25, 0.3) is 0 Å². The summed E-state index contributed by atoms with van der Waals surface area (Å²) >= 11 is 3.15. The molecule has 0 unspecified atom stereocenters. The molecular weight excluding hydrogens is 290 g/mol. The monoisotopic (exact) mass is 311 g/mol. The third kappa shape index (κ3) is 5.05. The summed E-state index contributed by atoms with van der Waals surface area (Å²) in [7, 11) is 0. The van der Waals surface area contributed by atoms with E-state index in [1.165, 1.54) is 0 Å². The van der Waals surface area contributed by atoms with E-state index in [1.54, 1.807) is 0 Å². The SMILES string of the molecule is CC.CCBr.Cc1noc(-c2ccccc2)c1C. The molecule has 1 aromatic carbocycles. The number of aryl methyl sites for hydroxylation is 1. The number of hydrogen-bond acceptors (Lipinski definition) is 2. The van der Waals surface area contributed by atoms with Gasteiger partial charge in [0.15, 0.2) is 5.76 Å². The van der Waals surface area contributed by atoms with E-state index in [0.29, 0.717) is 0 Å². The van der Waals surface area contributed by atoms with Crippen LogP contribution in [-0.2, 0) is 0 Å². The molecule has 0 aliphatic carbocycles. The van der Waals surface area contributed by atoms with Gasteiger partial charge in [-0.25, -0.2) is 0 Å². The minimum absolute atomic E-state index is 0.873. The molecule has 1 aromatic heterocycles. The molecule has 0 saturated carbocycles. The maximum atomic E-state index is 5.23. The maximum Gasteiger partial charge on any atom is 0.170 e. The van der Waals surface area contributed by atoms with Gasteiger partial charge in [0.1, 0.15) is 0 Å². The van der Waals surface area contributed by atoms with Crippen LogP contribution in [0.1, 0.15) is 32.0 Å². The van der Waals surface area contributed by atoms with Crippen LogP contribution in [0.3, 0.4) is 0 Å². The number of aromatic nitrogens is 1. The van der Waals surface area contributed by atoms with Gasteiger partial charge in [-0.3, -0.25) is 0 Å². The van der Waals surface area contributed by atoms with Gasteiger partial charge in [0.05, 0.1) is 5.69 Å². The highest BCUT2D eigenvalue weighted by Gasteiger charge is 2.09. The molecule has 18 heavy (non-hydrogen) atoms. The molecule has 100 valence electrons. The molecule has 0 aliphatic rings. The Labute approximate surface area is 119 Å². The first-order valence-electron chi connectivity index (χ1n) is 6.25. The van der Waals surface area contributed by atoms with Crippen molar-refractivity contribution >= 4 is 15.9 Å². The fourth-order valence-corrected chi connectivity index (χ4v) is 1.27. The van der Waals surface area contributed by atoms with Crippen molar-refractivity contribution in [1.29, 1.82) is 0 Å². The zero-order valence-electron chi connectivity index (χ0n) is 11.8. The van der Waals surface area contributed by atoms with Crippen molar-refractivity contribution in [2.75, 3.05) is 5.33 Å². The third-order valence-corrected chi connectivity index (χ3v) is 2.19. The lowest BCUT2D eigenvalue weighted by Gasteiger charge is -1.95. The summed E-state index contributed by atoms with van der Waals surface area (Å²) < 4.78 is 5.23. The van der Waals surface area contributed by atoms with E-state index in [4.69, 9.17) is 4.52 Å². The quantitative estimate of drug-likeness (QED) is 0.660. The highest BCUT2D eigenvalue weighted by Crippen LogP contribution is 2.24. The molecule has 2 rings (SSSR count). The van der Waals surface area contributed by atoms with Crippen LogP contribution >= 0.6 is 15.9 Å². The van der Waals surface area contributed by atoms with Crippen LogP contribution in [0, 0.1) is 13.8 Å². The molecule has 0 N–H and O–H groups in total. The Morgan fingerprint density at radius 2 is 1.61 bits per heavy atom. The van der Waals surface area contributed by atoms with Gasteiger partial charge in [-0.1, -0.05) is 72.2 Å². The summed E-state index contributed by atoms with van der Waals surface area (Å²) in [6, 6.07) is 10.0. The van der Waals surface area contributed by atoms with Crippen molar-refractivity contribution in [2.45, 2.75) is 34.6 Å². The first kappa shape index (κ1) is 16.9. The fraction of sp³-hybridized carbons (Fsp3) is 0.400. The lowest BCUT2D eigenvalue weighted by molar-refractivity contribution is 0.427. The Hall–Kier alpha value is -1.09. The topological polar surface area (TPSA) is 26.0 Å². The van der Waals surface area contributed by atoms with Crippen LogP contribution in [0.4, 0.5) is 0 Å². The minimum atomic E-state index is 0.873. The summed E-state index contributed by atoms with van der Waals surface area (Å²) in [6.07, 6.45) is 0. The molecule has 1 heterocycles. The number of benzene rings is 1. The van der Waals surface area contributed by atoms with E-state index in [-0.39, 0.29) is 0 Å². The van der Waals surface area contributed by atoms with Crippen LogP contribution in [-0.4, -0.2) is 10.5 Å². The van der Waals surface area contributed by atoms with Crippen molar-refractivity contribution < 1.29 is 4.52 Å². The molecule has 0 atom stereocenters. The zero-order chi connectivity index (χ0) is 14.0. The van der Waals surface area contributed by atoms with Gasteiger partial charge >= 0.3 is 0 Å². The van der Waals surface area contributed by atoms with E-state index in [9.17, 15) is 0 Å². The molecule has 0 fully saturated rings. The molecular formula is C15H22BrNO. The highest BCUT2D eigenvalue weighted by molar-refractivity contribution is 9.09. The van der Waals surface area contributed by atoms with E-state index in [2.05, 4.69) is 21.1 Å². The summed E-state index contributed by atoms with van der Waals surface area (Å²) in [5.74, 6) is 0.873. The smallest absolute Gasteiger partial charge is 0.170 e. The van der Waals surface area contributed by atoms with E-state index in [0.717, 1.165) is 27.9 Å². The molecule has 0 aliphatic heterocycles. The lowest BCUT2D eigenvalue weighted by Crippen LogP contribution is -1.77. The Kier molecular flexibility index (Phi) is 9.29. The van der Waals surface area contributed by atoms with Gasteiger partial charge in [0.2, 0.25) is 0 Å². The van der Waals surface area contributed by atoms with Crippen LogP contribution in [0.25, 0.3) is 11.3 Å². The van der Waals surface area contributed by atoms with Crippen molar-refractivity contribution in [3.05, 3.63) is 41.6 Å². The normalized spacial score (nSPS) is 8.78. The molecule has 0 bridgehead atoms.